The maximum absolute atomic E-state index is 12.4. The van der Waals surface area contributed by atoms with E-state index in [0.29, 0.717) is 24.6 Å². The highest BCUT2D eigenvalue weighted by Crippen LogP contribution is 2.32. The van der Waals surface area contributed by atoms with Crippen LogP contribution < -0.4 is 16.6 Å². The van der Waals surface area contributed by atoms with Gasteiger partial charge in [-0.2, -0.15) is 5.26 Å². The van der Waals surface area contributed by atoms with E-state index >= 15 is 0 Å². The van der Waals surface area contributed by atoms with Crippen molar-refractivity contribution in [3.63, 3.8) is 0 Å². The van der Waals surface area contributed by atoms with Gasteiger partial charge >= 0.3 is 5.69 Å². The fraction of sp³-hybridized carbons (Fsp3) is 0.600. The monoisotopic (exact) mass is 302 g/mol. The normalized spacial score (nSPS) is 17.6. The Kier molecular flexibility index (Phi) is 3.61. The molecule has 0 spiro atoms. The Balaban J connectivity index is 1.91. The van der Waals surface area contributed by atoms with E-state index in [0.717, 1.165) is 23.8 Å². The number of aromatic nitrogens is 2. The quantitative estimate of drug-likeness (QED) is 0.829. The van der Waals surface area contributed by atoms with Gasteiger partial charge < -0.3 is 5.32 Å². The number of nitrogens with zero attached hydrogens (tertiary/aromatic N) is 3. The second-order valence-electron chi connectivity index (χ2n) is 6.06. The van der Waals surface area contributed by atoms with Gasteiger partial charge in [-0.05, 0) is 38.5 Å². The minimum Gasteiger partial charge on any atom is -0.352 e. The van der Waals surface area contributed by atoms with Crippen LogP contribution in [-0.4, -0.2) is 21.1 Å². The molecule has 1 fully saturated rings. The summed E-state index contributed by atoms with van der Waals surface area (Å²) in [5, 5.41) is 12.0. The largest absolute Gasteiger partial charge is 0.352 e. The van der Waals surface area contributed by atoms with Crippen molar-refractivity contribution in [3.8, 4) is 6.07 Å². The highest BCUT2D eigenvalue weighted by atomic mass is 16.2. The van der Waals surface area contributed by atoms with Crippen LogP contribution in [0.25, 0.3) is 0 Å². The van der Waals surface area contributed by atoms with Crippen molar-refractivity contribution in [1.29, 1.82) is 5.26 Å². The molecule has 1 aliphatic heterocycles. The molecule has 2 aliphatic rings. The van der Waals surface area contributed by atoms with Gasteiger partial charge in [-0.3, -0.25) is 14.2 Å². The number of amides is 1. The van der Waals surface area contributed by atoms with Crippen molar-refractivity contribution in [1.82, 2.24) is 14.5 Å². The van der Waals surface area contributed by atoms with Gasteiger partial charge in [0.25, 0.3) is 5.56 Å². The molecule has 1 N–H and O–H groups in total. The van der Waals surface area contributed by atoms with Gasteiger partial charge in [0.1, 0.15) is 18.2 Å². The number of rotatable bonds is 4. The molecule has 0 saturated heterocycles. The van der Waals surface area contributed by atoms with Crippen molar-refractivity contribution < 1.29 is 4.79 Å². The zero-order valence-electron chi connectivity index (χ0n) is 12.5. The molecular formula is C15H18N4O3. The van der Waals surface area contributed by atoms with Crippen LogP contribution in [0.3, 0.4) is 0 Å². The molecule has 1 aromatic rings. The number of hydrogen-bond acceptors (Lipinski definition) is 4. The number of nitriles is 1. The van der Waals surface area contributed by atoms with Gasteiger partial charge in [0.15, 0.2) is 0 Å². The maximum atomic E-state index is 12.4. The minimum absolute atomic E-state index is 0.0138. The van der Waals surface area contributed by atoms with Crippen LogP contribution in [-0.2, 0) is 24.3 Å². The average Bonchev–Trinajstić information content (AvgIpc) is 3.23. The smallest absolute Gasteiger partial charge is 0.331 e. The predicted octanol–water partition coefficient (Wildman–Crippen LogP) is -0.257. The first-order chi connectivity index (χ1) is 10.5. The number of hydrogen-bond donors (Lipinski definition) is 1. The molecule has 7 nitrogen and oxygen atoms in total. The molecule has 0 unspecified atom stereocenters. The Morgan fingerprint density at radius 3 is 2.82 bits per heavy atom. The van der Waals surface area contributed by atoms with Gasteiger partial charge in [0.05, 0.1) is 0 Å². The third kappa shape index (κ3) is 2.45. The van der Waals surface area contributed by atoms with E-state index in [1.165, 1.54) is 4.57 Å². The Hall–Kier alpha value is -2.36. The molecule has 116 valence electrons. The third-order valence-electron chi connectivity index (χ3n) is 4.46. The summed E-state index contributed by atoms with van der Waals surface area (Å²) in [7, 11) is 0. The lowest BCUT2D eigenvalue weighted by Gasteiger charge is -2.14. The Morgan fingerprint density at radius 2 is 2.18 bits per heavy atom. The second-order valence-corrected chi connectivity index (χ2v) is 6.06. The number of carbonyl (C=O) groups is 1. The molecule has 0 bridgehead atoms. The van der Waals surface area contributed by atoms with E-state index in [9.17, 15) is 19.6 Å². The van der Waals surface area contributed by atoms with Crippen molar-refractivity contribution in [2.24, 2.45) is 5.92 Å². The van der Waals surface area contributed by atoms with Crippen LogP contribution in [0.15, 0.2) is 9.59 Å². The van der Waals surface area contributed by atoms with Gasteiger partial charge in [-0.15, -0.1) is 0 Å². The molecule has 1 aliphatic carbocycles. The summed E-state index contributed by atoms with van der Waals surface area (Å²) >= 11 is 0. The Labute approximate surface area is 127 Å². The molecule has 2 heterocycles. The molecule has 1 amide bonds. The number of carbonyl (C=O) groups excluding carboxylic acids is 1. The highest BCUT2D eigenvalue weighted by Gasteiger charge is 2.29. The van der Waals surface area contributed by atoms with Crippen molar-refractivity contribution >= 4 is 5.91 Å². The lowest BCUT2D eigenvalue weighted by atomic mass is 10.2. The van der Waals surface area contributed by atoms with E-state index in [-0.39, 0.29) is 24.1 Å². The average molecular weight is 302 g/mol. The molecular weight excluding hydrogens is 284 g/mol. The van der Waals surface area contributed by atoms with E-state index < -0.39 is 11.2 Å². The summed E-state index contributed by atoms with van der Waals surface area (Å²) in [5.74, 6) is 0.137. The summed E-state index contributed by atoms with van der Waals surface area (Å²) in [6.07, 6.45) is 3.49. The fourth-order valence-electron chi connectivity index (χ4n) is 3.05. The Bertz CT molecular complexity index is 780. The topological polar surface area (TPSA) is 96.9 Å². The summed E-state index contributed by atoms with van der Waals surface area (Å²) in [6, 6.07) is 1.93. The summed E-state index contributed by atoms with van der Waals surface area (Å²) < 4.78 is 2.32. The molecule has 0 radical (unpaired) electrons. The third-order valence-corrected chi connectivity index (χ3v) is 4.46. The standard InChI is InChI=1S/C15H18N4O3/c1-9(10-4-5-10)17-13(20)8-19-14(21)11(7-16)12-3-2-6-18(12)15(19)22/h9-10H,2-6,8H2,1H3,(H,17,20)/t9-/m1/s1. The van der Waals surface area contributed by atoms with Crippen molar-refractivity contribution in [2.75, 3.05) is 0 Å². The Morgan fingerprint density at radius 1 is 1.45 bits per heavy atom. The summed E-state index contributed by atoms with van der Waals surface area (Å²) in [4.78, 5) is 36.7. The molecule has 1 atom stereocenters. The zero-order chi connectivity index (χ0) is 15.9. The molecule has 0 aromatic carbocycles. The predicted molar refractivity (Wildman–Crippen MR) is 78.3 cm³/mol. The number of fused-ring (bicyclic) bond motifs is 1. The SMILES string of the molecule is C[C@@H](NC(=O)Cn1c(=O)c(C#N)c2n(c1=O)CCC2)C1CC1. The highest BCUT2D eigenvalue weighted by molar-refractivity contribution is 5.76. The molecule has 3 rings (SSSR count). The van der Waals surface area contributed by atoms with Gasteiger partial charge in [0.2, 0.25) is 5.91 Å². The molecule has 1 aromatic heterocycles. The van der Waals surface area contributed by atoms with Gasteiger partial charge in [-0.25, -0.2) is 9.36 Å². The van der Waals surface area contributed by atoms with Crippen molar-refractivity contribution in [2.45, 2.75) is 51.7 Å². The van der Waals surface area contributed by atoms with Crippen LogP contribution in [0.4, 0.5) is 0 Å². The van der Waals surface area contributed by atoms with Gasteiger partial charge in [-0.1, -0.05) is 0 Å². The van der Waals surface area contributed by atoms with Crippen LogP contribution >= 0.6 is 0 Å². The fourth-order valence-corrected chi connectivity index (χ4v) is 3.05. The van der Waals surface area contributed by atoms with Gasteiger partial charge in [0, 0.05) is 18.3 Å². The summed E-state index contributed by atoms with van der Waals surface area (Å²) in [5.41, 5.74) is -0.666. The van der Waals surface area contributed by atoms with E-state index in [4.69, 9.17) is 0 Å². The van der Waals surface area contributed by atoms with E-state index in [1.807, 2.05) is 13.0 Å². The lowest BCUT2D eigenvalue weighted by molar-refractivity contribution is -0.122. The molecule has 22 heavy (non-hydrogen) atoms. The first kappa shape index (κ1) is 14.6. The molecule has 7 heteroatoms. The number of nitrogens with one attached hydrogen (secondary N) is 1. The van der Waals surface area contributed by atoms with Crippen LogP contribution in [0, 0.1) is 17.2 Å². The van der Waals surface area contributed by atoms with Crippen LogP contribution in [0.2, 0.25) is 0 Å². The van der Waals surface area contributed by atoms with E-state index in [1.54, 1.807) is 0 Å². The first-order valence-corrected chi connectivity index (χ1v) is 7.59. The zero-order valence-corrected chi connectivity index (χ0v) is 12.5. The van der Waals surface area contributed by atoms with Crippen LogP contribution in [0.5, 0.6) is 0 Å². The second kappa shape index (κ2) is 5.44. The van der Waals surface area contributed by atoms with E-state index in [2.05, 4.69) is 5.32 Å². The van der Waals surface area contributed by atoms with Crippen molar-refractivity contribution in [3.05, 3.63) is 32.1 Å². The lowest BCUT2D eigenvalue weighted by Crippen LogP contribution is -2.46. The summed E-state index contributed by atoms with van der Waals surface area (Å²) in [6.45, 7) is 2.08. The molecule has 1 saturated carbocycles. The van der Waals surface area contributed by atoms with Crippen LogP contribution in [0.1, 0.15) is 37.4 Å². The minimum atomic E-state index is -0.658. The first-order valence-electron chi connectivity index (χ1n) is 7.59. The maximum Gasteiger partial charge on any atom is 0.331 e.